The monoisotopic (exact) mass is 461 g/mol. The van der Waals surface area contributed by atoms with Gasteiger partial charge in [-0.05, 0) is 62.7 Å². The molecular weight excluding hydrogens is 426 g/mol. The summed E-state index contributed by atoms with van der Waals surface area (Å²) in [6.07, 6.45) is 11.6. The normalized spacial score (nSPS) is 24.4. The molecule has 8 nitrogen and oxygen atoms in total. The van der Waals surface area contributed by atoms with Crippen molar-refractivity contribution in [1.29, 1.82) is 0 Å². The number of hydrazine groups is 1. The maximum Gasteiger partial charge on any atom is 0.333 e. The Labute approximate surface area is 194 Å². The second-order valence-electron chi connectivity index (χ2n) is 9.22. The summed E-state index contributed by atoms with van der Waals surface area (Å²) in [5, 5.41) is 20.3. The van der Waals surface area contributed by atoms with E-state index in [1.165, 1.54) is 6.42 Å². The van der Waals surface area contributed by atoms with E-state index in [-0.39, 0.29) is 23.4 Å². The first kappa shape index (κ1) is 23.3. The molecule has 3 heterocycles. The van der Waals surface area contributed by atoms with Gasteiger partial charge in [-0.15, -0.1) is 11.8 Å². The zero-order chi connectivity index (χ0) is 22.4. The van der Waals surface area contributed by atoms with Gasteiger partial charge in [-0.3, -0.25) is 9.78 Å². The van der Waals surface area contributed by atoms with Crippen molar-refractivity contribution in [2.45, 2.75) is 75.2 Å². The van der Waals surface area contributed by atoms with E-state index in [1.54, 1.807) is 12.4 Å². The van der Waals surface area contributed by atoms with Crippen molar-refractivity contribution in [1.82, 2.24) is 25.6 Å². The van der Waals surface area contributed by atoms with Crippen molar-refractivity contribution in [3.8, 4) is 0 Å². The molecule has 1 aliphatic carbocycles. The number of nitrogens with zero attached hydrogens (tertiary/aromatic N) is 3. The number of nitrogens with one attached hydrogen (secondary N) is 2. The second kappa shape index (κ2) is 10.9. The Kier molecular flexibility index (Phi) is 7.91. The number of carboxylic acids is 1. The maximum absolute atomic E-state index is 13.6. The van der Waals surface area contributed by atoms with Crippen LogP contribution in [0.4, 0.5) is 4.79 Å². The van der Waals surface area contributed by atoms with Crippen molar-refractivity contribution in [2.75, 3.05) is 19.0 Å². The molecule has 9 heteroatoms. The van der Waals surface area contributed by atoms with Crippen molar-refractivity contribution in [3.05, 3.63) is 30.1 Å². The number of thioether (sulfide) groups is 1. The van der Waals surface area contributed by atoms with Crippen molar-refractivity contribution in [2.24, 2.45) is 5.92 Å². The summed E-state index contributed by atoms with van der Waals surface area (Å²) in [5.74, 6) is 0.425. The zero-order valence-corrected chi connectivity index (χ0v) is 19.5. The number of carboxylic acid groups (broad SMARTS) is 1. The molecule has 3 aliphatic rings. The zero-order valence-electron chi connectivity index (χ0n) is 18.7. The van der Waals surface area contributed by atoms with E-state index >= 15 is 0 Å². The molecule has 3 N–H and O–H groups in total. The third-order valence-corrected chi connectivity index (χ3v) is 8.49. The number of carbonyl (C=O) groups excluding carboxylic acids is 1. The topological polar surface area (TPSA) is 97.8 Å². The van der Waals surface area contributed by atoms with Crippen LogP contribution in [-0.4, -0.2) is 62.0 Å². The number of piperidine rings is 1. The molecule has 32 heavy (non-hydrogen) atoms. The lowest BCUT2D eigenvalue weighted by Gasteiger charge is -2.49. The summed E-state index contributed by atoms with van der Waals surface area (Å²) in [6, 6.07) is 3.76. The van der Waals surface area contributed by atoms with Gasteiger partial charge in [0.1, 0.15) is 0 Å². The molecule has 0 radical (unpaired) electrons. The molecule has 0 bridgehead atoms. The summed E-state index contributed by atoms with van der Waals surface area (Å²) in [5.41, 5.74) is 0.715. The van der Waals surface area contributed by atoms with Gasteiger partial charge in [0.25, 0.3) is 0 Å². The number of amides is 2. The van der Waals surface area contributed by atoms with Gasteiger partial charge in [0.05, 0.1) is 11.3 Å². The van der Waals surface area contributed by atoms with Gasteiger partial charge in [-0.25, -0.2) is 9.80 Å². The fraction of sp³-hybridized carbons (Fsp3) is 0.696. The van der Waals surface area contributed by atoms with E-state index in [2.05, 4.69) is 20.6 Å². The smallest absolute Gasteiger partial charge is 0.333 e. The van der Waals surface area contributed by atoms with Gasteiger partial charge in [0, 0.05) is 30.9 Å². The second-order valence-corrected chi connectivity index (χ2v) is 10.3. The Morgan fingerprint density at radius 1 is 1.25 bits per heavy atom. The molecule has 0 aromatic carbocycles. The quantitative estimate of drug-likeness (QED) is 0.572. The lowest BCUT2D eigenvalue weighted by atomic mass is 9.78. The van der Waals surface area contributed by atoms with Crippen LogP contribution in [0.5, 0.6) is 0 Å². The number of urea groups is 1. The van der Waals surface area contributed by atoms with Gasteiger partial charge < -0.3 is 15.7 Å². The molecule has 2 saturated heterocycles. The summed E-state index contributed by atoms with van der Waals surface area (Å²) < 4.78 is 0. The molecule has 176 valence electrons. The first-order valence-corrected chi connectivity index (χ1v) is 12.9. The largest absolute Gasteiger partial charge is 0.481 e. The first-order chi connectivity index (χ1) is 15.6. The van der Waals surface area contributed by atoms with Crippen LogP contribution in [-0.2, 0) is 11.3 Å². The number of pyridine rings is 1. The van der Waals surface area contributed by atoms with Gasteiger partial charge >= 0.3 is 12.0 Å². The average Bonchev–Trinajstić information content (AvgIpc) is 3.29. The minimum atomic E-state index is -0.760. The number of rotatable bonds is 7. The van der Waals surface area contributed by atoms with Crippen LogP contribution in [0.25, 0.3) is 0 Å². The van der Waals surface area contributed by atoms with Crippen LogP contribution in [0.2, 0.25) is 0 Å². The Morgan fingerprint density at radius 3 is 2.72 bits per heavy atom. The van der Waals surface area contributed by atoms with Crippen LogP contribution < -0.4 is 10.6 Å². The average molecular weight is 462 g/mol. The lowest BCUT2D eigenvalue weighted by Crippen LogP contribution is -2.61. The Hall–Kier alpha value is -1.84. The first-order valence-electron chi connectivity index (χ1n) is 11.9. The van der Waals surface area contributed by atoms with Crippen LogP contribution in [0, 0.1) is 5.92 Å². The van der Waals surface area contributed by atoms with Crippen molar-refractivity contribution >= 4 is 23.8 Å². The Morgan fingerprint density at radius 2 is 2.03 bits per heavy atom. The highest BCUT2D eigenvalue weighted by atomic mass is 32.2. The molecule has 1 aromatic heterocycles. The van der Waals surface area contributed by atoms with Crippen LogP contribution >= 0.6 is 11.8 Å². The van der Waals surface area contributed by atoms with E-state index in [4.69, 9.17) is 0 Å². The number of carbonyl (C=O) groups is 2. The van der Waals surface area contributed by atoms with Crippen LogP contribution in [0.15, 0.2) is 24.5 Å². The molecule has 0 spiro atoms. The third-order valence-electron chi connectivity index (χ3n) is 7.17. The fourth-order valence-corrected chi connectivity index (χ4v) is 7.01. The molecular formula is C23H35N5O3S. The van der Waals surface area contributed by atoms with E-state index in [0.717, 1.165) is 63.1 Å². The minimum Gasteiger partial charge on any atom is -0.481 e. The van der Waals surface area contributed by atoms with Gasteiger partial charge in [-0.1, -0.05) is 25.3 Å². The molecule has 1 aromatic rings. The van der Waals surface area contributed by atoms with Gasteiger partial charge in [-0.2, -0.15) is 5.01 Å². The van der Waals surface area contributed by atoms with Crippen LogP contribution in [0.1, 0.15) is 63.4 Å². The molecule has 1 unspecified atom stereocenters. The predicted molar refractivity (Wildman–Crippen MR) is 125 cm³/mol. The highest BCUT2D eigenvalue weighted by molar-refractivity contribution is 8.00. The van der Waals surface area contributed by atoms with E-state index in [1.807, 2.05) is 28.9 Å². The van der Waals surface area contributed by atoms with E-state index in [9.17, 15) is 14.7 Å². The standard InChI is InChI=1S/C23H35N5O3S/c29-20(30)6-11-23(9-2-1-3-10-23)27-17-32-21(19-7-13-24-14-8-19)28(27)22(31)26-16-18-5-4-12-25-15-18/h4-5,12,15,19,21,24H,1-3,6-11,13-14,16-17H2,(H,26,31)(H,29,30). The SMILES string of the molecule is O=C(O)CCC1(N2CSC(C3CCNCC3)N2C(=O)NCc2cccnc2)CCCCC1. The van der Waals surface area contributed by atoms with Gasteiger partial charge in [0.2, 0.25) is 0 Å². The van der Waals surface area contributed by atoms with Crippen LogP contribution in [0.3, 0.4) is 0 Å². The van der Waals surface area contributed by atoms with E-state index < -0.39 is 5.97 Å². The number of hydrogen-bond acceptors (Lipinski definition) is 6. The number of hydrogen-bond donors (Lipinski definition) is 3. The lowest BCUT2D eigenvalue weighted by molar-refractivity contribution is -0.139. The third kappa shape index (κ3) is 5.38. The Bertz CT molecular complexity index is 768. The highest BCUT2D eigenvalue weighted by Gasteiger charge is 2.50. The Balaban J connectivity index is 1.56. The summed E-state index contributed by atoms with van der Waals surface area (Å²) in [4.78, 5) is 29.2. The van der Waals surface area contributed by atoms with Gasteiger partial charge in [0.15, 0.2) is 0 Å². The number of aliphatic carboxylic acids is 1. The summed E-state index contributed by atoms with van der Waals surface area (Å²) in [6.45, 7) is 2.40. The maximum atomic E-state index is 13.6. The molecule has 1 atom stereocenters. The number of aromatic nitrogens is 1. The molecule has 4 rings (SSSR count). The molecule has 2 aliphatic heterocycles. The summed E-state index contributed by atoms with van der Waals surface area (Å²) in [7, 11) is 0. The molecule has 3 fully saturated rings. The fourth-order valence-electron chi connectivity index (χ4n) is 5.42. The predicted octanol–water partition coefficient (Wildman–Crippen LogP) is 3.41. The molecule has 2 amide bonds. The van der Waals surface area contributed by atoms with E-state index in [0.29, 0.717) is 18.9 Å². The van der Waals surface area contributed by atoms with Crippen molar-refractivity contribution in [3.63, 3.8) is 0 Å². The molecule has 1 saturated carbocycles. The van der Waals surface area contributed by atoms with Crippen molar-refractivity contribution < 1.29 is 14.7 Å². The minimum absolute atomic E-state index is 0.0809. The summed E-state index contributed by atoms with van der Waals surface area (Å²) >= 11 is 1.85. The highest BCUT2D eigenvalue weighted by Crippen LogP contribution is 2.46.